The molecule has 9 heteroatoms. The molecule has 3 heterocycles. The Kier molecular flexibility index (Phi) is 7.26. The van der Waals surface area contributed by atoms with Gasteiger partial charge in [0.05, 0.1) is 0 Å². The fraction of sp³-hybridized carbons (Fsp3) is 0.310. The number of furan rings is 1. The fourth-order valence-electron chi connectivity index (χ4n) is 5.02. The minimum Gasteiger partial charge on any atom is -0.451 e. The van der Waals surface area contributed by atoms with Crippen molar-refractivity contribution in [3.8, 4) is 11.3 Å². The number of pyridine rings is 1. The molecule has 1 fully saturated rings. The number of aryl methyl sites for hydroxylation is 1. The normalized spacial score (nSPS) is 14.7. The second kappa shape index (κ2) is 10.9. The first-order valence-electron chi connectivity index (χ1n) is 12.9. The SMILES string of the molecule is CNC(=O)[C@@H](NC(=O)c1ccc(-c2ccc(NC(=O)c3cn4c(C)cccc4n3)cc2)o1)C1CCCCC1. The molecule has 3 N–H and O–H groups in total. The van der Waals surface area contributed by atoms with E-state index in [1.165, 1.54) is 0 Å². The molecular weight excluding hydrogens is 482 g/mol. The number of nitrogens with one attached hydrogen (secondary N) is 3. The summed E-state index contributed by atoms with van der Waals surface area (Å²) in [5.41, 5.74) is 3.39. The van der Waals surface area contributed by atoms with Gasteiger partial charge in [0.25, 0.3) is 11.8 Å². The average Bonchev–Trinajstić information content (AvgIpc) is 3.61. The summed E-state index contributed by atoms with van der Waals surface area (Å²) in [6, 6.07) is 15.6. The first-order chi connectivity index (χ1) is 18.4. The van der Waals surface area contributed by atoms with Gasteiger partial charge in [-0.3, -0.25) is 14.4 Å². The zero-order chi connectivity index (χ0) is 26.6. The molecule has 0 unspecified atom stereocenters. The zero-order valence-electron chi connectivity index (χ0n) is 21.5. The van der Waals surface area contributed by atoms with Crippen LogP contribution in [0.2, 0.25) is 0 Å². The van der Waals surface area contributed by atoms with Crippen LogP contribution in [0, 0.1) is 12.8 Å². The molecule has 0 aliphatic heterocycles. The Morgan fingerprint density at radius 1 is 0.974 bits per heavy atom. The van der Waals surface area contributed by atoms with Gasteiger partial charge in [-0.05, 0) is 74.2 Å². The smallest absolute Gasteiger partial charge is 0.287 e. The largest absolute Gasteiger partial charge is 0.451 e. The molecule has 38 heavy (non-hydrogen) atoms. The topological polar surface area (TPSA) is 118 Å². The standard InChI is InChI=1S/C29H31N5O4/c1-18-7-6-10-25-32-22(17-34(18)25)27(35)31-21-13-11-19(12-14-21)23-15-16-24(38-23)28(36)33-26(29(37)30-2)20-8-4-3-5-9-20/h6-7,10-17,20,26H,3-5,8-9H2,1-2H3,(H,30,37)(H,31,35)(H,33,36)/t26-/m0/s1. The van der Waals surface area contributed by atoms with Crippen molar-refractivity contribution in [1.82, 2.24) is 20.0 Å². The molecule has 1 aliphatic carbocycles. The highest BCUT2D eigenvalue weighted by Crippen LogP contribution is 2.28. The van der Waals surface area contributed by atoms with E-state index in [1.807, 2.05) is 29.5 Å². The van der Waals surface area contributed by atoms with Crippen molar-refractivity contribution >= 4 is 29.1 Å². The van der Waals surface area contributed by atoms with Crippen LogP contribution in [-0.2, 0) is 4.79 Å². The third-order valence-corrected chi connectivity index (χ3v) is 7.12. The summed E-state index contributed by atoms with van der Waals surface area (Å²) in [5, 5.41) is 8.41. The Morgan fingerprint density at radius 2 is 1.74 bits per heavy atom. The molecule has 196 valence electrons. The average molecular weight is 514 g/mol. The lowest BCUT2D eigenvalue weighted by molar-refractivity contribution is -0.124. The highest BCUT2D eigenvalue weighted by molar-refractivity contribution is 6.03. The molecule has 4 aromatic rings. The van der Waals surface area contributed by atoms with Gasteiger partial charge in [-0.25, -0.2) is 4.98 Å². The van der Waals surface area contributed by atoms with Crippen LogP contribution < -0.4 is 16.0 Å². The highest BCUT2D eigenvalue weighted by atomic mass is 16.4. The van der Waals surface area contributed by atoms with Gasteiger partial charge in [0.15, 0.2) is 5.76 Å². The summed E-state index contributed by atoms with van der Waals surface area (Å²) in [5.74, 6) is -0.131. The third-order valence-electron chi connectivity index (χ3n) is 7.12. The molecule has 5 rings (SSSR count). The van der Waals surface area contributed by atoms with Crippen LogP contribution in [0.3, 0.4) is 0 Å². The molecule has 9 nitrogen and oxygen atoms in total. The number of anilines is 1. The summed E-state index contributed by atoms with van der Waals surface area (Å²) in [6.07, 6.45) is 6.84. The van der Waals surface area contributed by atoms with Crippen LogP contribution in [0.5, 0.6) is 0 Å². The van der Waals surface area contributed by atoms with Gasteiger partial charge >= 0.3 is 0 Å². The Morgan fingerprint density at radius 3 is 2.45 bits per heavy atom. The van der Waals surface area contributed by atoms with E-state index in [9.17, 15) is 14.4 Å². The maximum Gasteiger partial charge on any atom is 0.287 e. The number of rotatable bonds is 7. The van der Waals surface area contributed by atoms with E-state index in [4.69, 9.17) is 4.42 Å². The molecular formula is C29H31N5O4. The summed E-state index contributed by atoms with van der Waals surface area (Å²) in [6.45, 7) is 1.95. The number of amides is 3. The molecule has 1 aliphatic rings. The number of aromatic nitrogens is 2. The number of hydrogen-bond donors (Lipinski definition) is 3. The van der Waals surface area contributed by atoms with Crippen molar-refractivity contribution in [3.05, 3.63) is 77.9 Å². The van der Waals surface area contributed by atoms with Crippen molar-refractivity contribution < 1.29 is 18.8 Å². The van der Waals surface area contributed by atoms with E-state index in [1.54, 1.807) is 49.6 Å². The number of fused-ring (bicyclic) bond motifs is 1. The summed E-state index contributed by atoms with van der Waals surface area (Å²) in [7, 11) is 1.58. The minimum atomic E-state index is -0.582. The van der Waals surface area contributed by atoms with Gasteiger partial charge in [-0.1, -0.05) is 25.3 Å². The zero-order valence-corrected chi connectivity index (χ0v) is 21.5. The predicted octanol–water partition coefficient (Wildman–Crippen LogP) is 4.58. The molecule has 1 atom stereocenters. The van der Waals surface area contributed by atoms with Crippen molar-refractivity contribution in [2.45, 2.75) is 45.1 Å². The van der Waals surface area contributed by atoms with Crippen LogP contribution in [0.4, 0.5) is 5.69 Å². The van der Waals surface area contributed by atoms with Gasteiger partial charge < -0.3 is 24.8 Å². The number of hydrogen-bond acceptors (Lipinski definition) is 5. The third kappa shape index (κ3) is 5.32. The van der Waals surface area contributed by atoms with E-state index in [0.717, 1.165) is 43.4 Å². The first-order valence-corrected chi connectivity index (χ1v) is 12.9. The van der Waals surface area contributed by atoms with Crippen LogP contribution in [0.1, 0.15) is 58.8 Å². The number of likely N-dealkylation sites (N-methyl/N-ethyl adjacent to an activating group) is 1. The van der Waals surface area contributed by atoms with E-state index in [2.05, 4.69) is 20.9 Å². The van der Waals surface area contributed by atoms with Gasteiger partial charge in [0.2, 0.25) is 5.91 Å². The highest BCUT2D eigenvalue weighted by Gasteiger charge is 2.31. The summed E-state index contributed by atoms with van der Waals surface area (Å²) in [4.78, 5) is 42.5. The molecule has 0 bridgehead atoms. The lowest BCUT2D eigenvalue weighted by atomic mass is 9.83. The van der Waals surface area contributed by atoms with Crippen molar-refractivity contribution in [1.29, 1.82) is 0 Å². The van der Waals surface area contributed by atoms with Crippen LogP contribution >= 0.6 is 0 Å². The fourth-order valence-corrected chi connectivity index (χ4v) is 5.02. The summed E-state index contributed by atoms with van der Waals surface area (Å²) < 4.78 is 7.69. The predicted molar refractivity (Wildman–Crippen MR) is 144 cm³/mol. The molecule has 0 radical (unpaired) electrons. The number of imidazole rings is 1. The van der Waals surface area contributed by atoms with E-state index in [0.29, 0.717) is 22.8 Å². The second-order valence-corrected chi connectivity index (χ2v) is 9.68. The van der Waals surface area contributed by atoms with Gasteiger partial charge in [-0.15, -0.1) is 0 Å². The monoisotopic (exact) mass is 513 g/mol. The summed E-state index contributed by atoms with van der Waals surface area (Å²) >= 11 is 0. The van der Waals surface area contributed by atoms with Crippen LogP contribution in [0.25, 0.3) is 17.0 Å². The van der Waals surface area contributed by atoms with Gasteiger partial charge in [0, 0.05) is 30.2 Å². The van der Waals surface area contributed by atoms with Gasteiger partial charge in [0.1, 0.15) is 23.1 Å². The van der Waals surface area contributed by atoms with Crippen molar-refractivity contribution in [2.75, 3.05) is 12.4 Å². The number of benzene rings is 1. The van der Waals surface area contributed by atoms with Gasteiger partial charge in [-0.2, -0.15) is 0 Å². The van der Waals surface area contributed by atoms with E-state index >= 15 is 0 Å². The maximum absolute atomic E-state index is 12.9. The first kappa shape index (κ1) is 25.3. The van der Waals surface area contributed by atoms with E-state index in [-0.39, 0.29) is 23.5 Å². The lowest BCUT2D eigenvalue weighted by Crippen LogP contribution is -2.50. The minimum absolute atomic E-state index is 0.120. The Bertz CT molecular complexity index is 1460. The number of nitrogens with zero attached hydrogens (tertiary/aromatic N) is 2. The quantitative estimate of drug-likeness (QED) is 0.334. The molecule has 0 spiro atoms. The molecule has 3 amide bonds. The van der Waals surface area contributed by atoms with Crippen molar-refractivity contribution in [3.63, 3.8) is 0 Å². The molecule has 3 aromatic heterocycles. The maximum atomic E-state index is 12.9. The van der Waals surface area contributed by atoms with E-state index < -0.39 is 11.9 Å². The molecule has 0 saturated heterocycles. The number of carbonyl (C=O) groups excluding carboxylic acids is 3. The van der Waals surface area contributed by atoms with Crippen LogP contribution in [-0.4, -0.2) is 40.2 Å². The lowest BCUT2D eigenvalue weighted by Gasteiger charge is -2.29. The van der Waals surface area contributed by atoms with Crippen molar-refractivity contribution in [2.24, 2.45) is 5.92 Å². The Hall–Kier alpha value is -4.40. The Balaban J connectivity index is 1.24. The number of carbonyl (C=O) groups is 3. The Labute approximate surface area is 220 Å². The molecule has 1 saturated carbocycles. The van der Waals surface area contributed by atoms with Crippen LogP contribution in [0.15, 0.2) is 65.2 Å². The molecule has 1 aromatic carbocycles. The second-order valence-electron chi connectivity index (χ2n) is 9.68.